The van der Waals surface area contributed by atoms with Crippen molar-refractivity contribution in [1.82, 2.24) is 0 Å². The van der Waals surface area contributed by atoms with E-state index < -0.39 is 12.3 Å². The van der Waals surface area contributed by atoms with Gasteiger partial charge in [-0.25, -0.2) is 0 Å². The van der Waals surface area contributed by atoms with Crippen LogP contribution in [0.5, 0.6) is 0 Å². The van der Waals surface area contributed by atoms with Crippen molar-refractivity contribution in [3.8, 4) is 0 Å². The minimum absolute atomic E-state index is 0.127. The molecule has 0 aliphatic rings. The largest absolute Gasteiger partial charge is 0.294 e. The van der Waals surface area contributed by atoms with Crippen LogP contribution >= 0.6 is 47.8 Å². The van der Waals surface area contributed by atoms with Gasteiger partial charge in [0.2, 0.25) is 0 Å². The summed E-state index contributed by atoms with van der Waals surface area (Å²) in [5, 5.41) is 0. The van der Waals surface area contributed by atoms with Gasteiger partial charge in [-0.3, -0.25) is 4.55 Å². The molecule has 1 aromatic rings. The summed E-state index contributed by atoms with van der Waals surface area (Å²) < 4.78 is 29.6. The van der Waals surface area contributed by atoms with E-state index in [9.17, 15) is 8.42 Å². The Labute approximate surface area is 107 Å². The second-order valence-electron chi connectivity index (χ2n) is 2.50. The molecule has 1 aromatic carbocycles. The van der Waals surface area contributed by atoms with E-state index in [0.717, 1.165) is 5.56 Å². The van der Waals surface area contributed by atoms with Crippen molar-refractivity contribution in [2.45, 2.75) is 7.04 Å². The molecule has 14 heavy (non-hydrogen) atoms. The molecule has 0 heterocycles. The molecule has 0 aliphatic heterocycles. The SMILES string of the molecule is O=S(=O)(O)c1ccc(C(Br)(Br)Br)cc1. The molecule has 0 atom stereocenters. The van der Waals surface area contributed by atoms with E-state index in [4.69, 9.17) is 4.55 Å². The van der Waals surface area contributed by atoms with Crippen LogP contribution < -0.4 is 0 Å². The molecular weight excluding hydrogens is 404 g/mol. The van der Waals surface area contributed by atoms with Crippen LogP contribution in [0, 0.1) is 0 Å². The molecule has 0 amide bonds. The maximum absolute atomic E-state index is 10.7. The highest BCUT2D eigenvalue weighted by Gasteiger charge is 2.21. The maximum Gasteiger partial charge on any atom is 0.294 e. The van der Waals surface area contributed by atoms with Gasteiger partial charge in [0, 0.05) is 0 Å². The Hall–Kier alpha value is 0.570. The van der Waals surface area contributed by atoms with E-state index in [2.05, 4.69) is 47.8 Å². The van der Waals surface area contributed by atoms with Gasteiger partial charge in [0.25, 0.3) is 10.1 Å². The van der Waals surface area contributed by atoms with E-state index in [0.29, 0.717) is 0 Å². The van der Waals surface area contributed by atoms with Crippen LogP contribution in [0.15, 0.2) is 29.2 Å². The van der Waals surface area contributed by atoms with Gasteiger partial charge in [-0.1, -0.05) is 59.9 Å². The highest BCUT2D eigenvalue weighted by Crippen LogP contribution is 2.44. The first-order valence-electron chi connectivity index (χ1n) is 3.36. The summed E-state index contributed by atoms with van der Waals surface area (Å²) in [5.74, 6) is 0. The number of hydrogen-bond acceptors (Lipinski definition) is 2. The molecule has 7 heteroatoms. The molecule has 0 unspecified atom stereocenters. The molecule has 1 rings (SSSR count). The summed E-state index contributed by atoms with van der Waals surface area (Å²) in [6.45, 7) is 0. The first-order chi connectivity index (χ1) is 6.21. The van der Waals surface area contributed by atoms with Crippen LogP contribution in [0.4, 0.5) is 0 Å². The highest BCUT2D eigenvalue weighted by atomic mass is 80.0. The summed E-state index contributed by atoms with van der Waals surface area (Å²) >= 11 is 9.85. The normalized spacial score (nSPS) is 12.9. The number of rotatable bonds is 1. The fraction of sp³-hybridized carbons (Fsp3) is 0.143. The lowest BCUT2D eigenvalue weighted by molar-refractivity contribution is 0.483. The second-order valence-corrected chi connectivity index (χ2v) is 10.7. The minimum atomic E-state index is -4.11. The zero-order valence-electron chi connectivity index (χ0n) is 6.62. The Balaban J connectivity index is 3.14. The van der Waals surface area contributed by atoms with Crippen LogP contribution in [-0.4, -0.2) is 13.0 Å². The molecule has 0 fully saturated rings. The number of halogens is 3. The first-order valence-corrected chi connectivity index (χ1v) is 7.18. The fourth-order valence-electron chi connectivity index (χ4n) is 0.816. The second kappa shape index (κ2) is 4.21. The Morgan fingerprint density at radius 3 is 1.79 bits per heavy atom. The van der Waals surface area contributed by atoms with Crippen molar-refractivity contribution >= 4 is 57.9 Å². The molecule has 78 valence electrons. The van der Waals surface area contributed by atoms with E-state index in [1.54, 1.807) is 12.1 Å². The van der Waals surface area contributed by atoms with Crippen LogP contribution in [0.1, 0.15) is 5.56 Å². The number of benzene rings is 1. The fourth-order valence-corrected chi connectivity index (χ4v) is 2.09. The predicted octanol–water partition coefficient (Wildman–Crippen LogP) is 3.23. The topological polar surface area (TPSA) is 54.4 Å². The summed E-state index contributed by atoms with van der Waals surface area (Å²) in [7, 11) is -4.11. The van der Waals surface area contributed by atoms with Crippen molar-refractivity contribution in [1.29, 1.82) is 0 Å². The summed E-state index contributed by atoms with van der Waals surface area (Å²) in [5.41, 5.74) is 0.782. The maximum atomic E-state index is 10.7. The van der Waals surface area contributed by atoms with Crippen molar-refractivity contribution in [3.63, 3.8) is 0 Å². The molecule has 0 radical (unpaired) electrons. The minimum Gasteiger partial charge on any atom is -0.282 e. The van der Waals surface area contributed by atoms with E-state index >= 15 is 0 Å². The smallest absolute Gasteiger partial charge is 0.282 e. The van der Waals surface area contributed by atoms with Crippen molar-refractivity contribution in [2.75, 3.05) is 0 Å². The lowest BCUT2D eigenvalue weighted by atomic mass is 10.2. The van der Waals surface area contributed by atoms with Crippen LogP contribution in [0.3, 0.4) is 0 Å². The van der Waals surface area contributed by atoms with Gasteiger partial charge in [0.15, 0.2) is 2.14 Å². The van der Waals surface area contributed by atoms with Gasteiger partial charge >= 0.3 is 0 Å². The van der Waals surface area contributed by atoms with Crippen LogP contribution in [-0.2, 0) is 12.3 Å². The summed E-state index contributed by atoms with van der Waals surface area (Å²) in [4.78, 5) is -0.127. The predicted molar refractivity (Wildman–Crippen MR) is 64.7 cm³/mol. The monoisotopic (exact) mass is 406 g/mol. The first kappa shape index (κ1) is 12.6. The lowest BCUT2D eigenvalue weighted by Crippen LogP contribution is -2.01. The Kier molecular flexibility index (Phi) is 3.80. The molecule has 0 spiro atoms. The molecule has 0 saturated carbocycles. The zero-order chi connectivity index (χ0) is 11.0. The van der Waals surface area contributed by atoms with Crippen molar-refractivity contribution in [3.05, 3.63) is 29.8 Å². The summed E-state index contributed by atoms with van der Waals surface area (Å²) in [6, 6.07) is 5.79. The van der Waals surface area contributed by atoms with Gasteiger partial charge in [0.05, 0.1) is 4.90 Å². The van der Waals surface area contributed by atoms with E-state index in [1.807, 2.05) is 0 Å². The van der Waals surface area contributed by atoms with E-state index in [-0.39, 0.29) is 4.90 Å². The lowest BCUT2D eigenvalue weighted by Gasteiger charge is -2.12. The van der Waals surface area contributed by atoms with Gasteiger partial charge in [-0.05, 0) is 17.7 Å². The highest BCUT2D eigenvalue weighted by molar-refractivity contribution is 9.38. The molecule has 1 N–H and O–H groups in total. The van der Waals surface area contributed by atoms with Gasteiger partial charge in [-0.15, -0.1) is 0 Å². The molecule has 0 bridgehead atoms. The Morgan fingerprint density at radius 2 is 1.50 bits per heavy atom. The molecular formula is C7H5Br3O3S. The van der Waals surface area contributed by atoms with Crippen molar-refractivity contribution < 1.29 is 13.0 Å². The number of alkyl halides is 3. The van der Waals surface area contributed by atoms with Gasteiger partial charge in [0.1, 0.15) is 0 Å². The average molecular weight is 409 g/mol. The third-order valence-corrected chi connectivity index (χ3v) is 3.72. The van der Waals surface area contributed by atoms with E-state index in [1.165, 1.54) is 12.1 Å². The van der Waals surface area contributed by atoms with Crippen molar-refractivity contribution in [2.24, 2.45) is 0 Å². The van der Waals surface area contributed by atoms with Gasteiger partial charge < -0.3 is 0 Å². The Bertz CT molecular complexity index is 418. The molecule has 0 aromatic heterocycles. The molecule has 0 saturated heterocycles. The number of hydrogen-bond donors (Lipinski definition) is 1. The Morgan fingerprint density at radius 1 is 1.07 bits per heavy atom. The average Bonchev–Trinajstić information content (AvgIpc) is 2.01. The molecule has 3 nitrogen and oxygen atoms in total. The third-order valence-electron chi connectivity index (χ3n) is 1.48. The van der Waals surface area contributed by atoms with Crippen LogP contribution in [0.25, 0.3) is 0 Å². The quantitative estimate of drug-likeness (QED) is 0.573. The zero-order valence-corrected chi connectivity index (χ0v) is 12.2. The van der Waals surface area contributed by atoms with Crippen LogP contribution in [0.2, 0.25) is 0 Å². The van der Waals surface area contributed by atoms with Gasteiger partial charge in [-0.2, -0.15) is 8.42 Å². The third kappa shape index (κ3) is 3.30. The summed E-state index contributed by atoms with van der Waals surface area (Å²) in [6.07, 6.45) is 0. The standard InChI is InChI=1S/C7H5Br3O3S/c8-7(9,10)5-1-3-6(4-2-5)14(11,12)13/h1-4H,(H,11,12,13). The molecule has 0 aliphatic carbocycles.